The Morgan fingerprint density at radius 1 is 1.29 bits per heavy atom. The molecule has 1 heterocycles. The van der Waals surface area contributed by atoms with E-state index in [-0.39, 0.29) is 11.7 Å². The van der Waals surface area contributed by atoms with Crippen LogP contribution in [0.25, 0.3) is 0 Å². The summed E-state index contributed by atoms with van der Waals surface area (Å²) in [5, 5.41) is 2.90. The third kappa shape index (κ3) is 3.58. The van der Waals surface area contributed by atoms with Gasteiger partial charge in [0.1, 0.15) is 5.82 Å². The van der Waals surface area contributed by atoms with E-state index in [2.05, 4.69) is 29.3 Å². The van der Waals surface area contributed by atoms with Crippen LogP contribution in [0.2, 0.25) is 0 Å². The topological polar surface area (TPSA) is 32.3 Å². The first-order valence-corrected chi connectivity index (χ1v) is 8.41. The summed E-state index contributed by atoms with van der Waals surface area (Å²) in [6, 6.07) is 13.7. The fraction of sp³-hybridized carbons (Fsp3) is 0.350. The van der Waals surface area contributed by atoms with Gasteiger partial charge >= 0.3 is 0 Å². The SMILES string of the molecule is Cc1ccc(CNC(=O)CN2c3ccccc3CCC2C)cc1F. The van der Waals surface area contributed by atoms with E-state index < -0.39 is 0 Å². The average molecular weight is 326 g/mol. The number of hydrogen-bond donors (Lipinski definition) is 1. The number of amides is 1. The van der Waals surface area contributed by atoms with Crippen molar-refractivity contribution < 1.29 is 9.18 Å². The highest BCUT2D eigenvalue weighted by Gasteiger charge is 2.24. The molecule has 1 atom stereocenters. The van der Waals surface area contributed by atoms with Gasteiger partial charge in [-0.1, -0.05) is 30.3 Å². The maximum atomic E-state index is 13.6. The number of carbonyl (C=O) groups excluding carboxylic acids is 1. The molecule has 0 spiro atoms. The summed E-state index contributed by atoms with van der Waals surface area (Å²) >= 11 is 0. The van der Waals surface area contributed by atoms with E-state index in [0.717, 1.165) is 24.1 Å². The Morgan fingerprint density at radius 2 is 2.08 bits per heavy atom. The van der Waals surface area contributed by atoms with Gasteiger partial charge in [0.15, 0.2) is 0 Å². The van der Waals surface area contributed by atoms with Crippen molar-refractivity contribution in [1.82, 2.24) is 5.32 Å². The molecule has 2 aromatic rings. The third-order valence-corrected chi connectivity index (χ3v) is 4.70. The average Bonchev–Trinajstić information content (AvgIpc) is 2.58. The van der Waals surface area contributed by atoms with E-state index in [1.165, 1.54) is 11.6 Å². The Morgan fingerprint density at radius 3 is 2.88 bits per heavy atom. The molecule has 3 rings (SSSR count). The number of para-hydroxylation sites is 1. The Balaban J connectivity index is 1.63. The number of rotatable bonds is 4. The minimum absolute atomic E-state index is 0.0421. The minimum Gasteiger partial charge on any atom is -0.359 e. The molecule has 0 radical (unpaired) electrons. The van der Waals surface area contributed by atoms with E-state index in [1.807, 2.05) is 18.2 Å². The summed E-state index contributed by atoms with van der Waals surface area (Å²) in [6.45, 7) is 4.55. The van der Waals surface area contributed by atoms with Gasteiger partial charge in [-0.2, -0.15) is 0 Å². The van der Waals surface area contributed by atoms with Crippen LogP contribution in [-0.2, 0) is 17.8 Å². The number of nitrogens with zero attached hydrogens (tertiary/aromatic N) is 1. The highest BCUT2D eigenvalue weighted by atomic mass is 19.1. The molecule has 1 aliphatic rings. The van der Waals surface area contributed by atoms with Crippen molar-refractivity contribution in [2.45, 2.75) is 39.3 Å². The van der Waals surface area contributed by atoms with Crippen LogP contribution in [0.4, 0.5) is 10.1 Å². The van der Waals surface area contributed by atoms with Crippen molar-refractivity contribution >= 4 is 11.6 Å². The lowest BCUT2D eigenvalue weighted by atomic mass is 9.96. The van der Waals surface area contributed by atoms with Gasteiger partial charge in [0.05, 0.1) is 6.54 Å². The van der Waals surface area contributed by atoms with Gasteiger partial charge in [0.25, 0.3) is 0 Å². The number of fused-ring (bicyclic) bond motifs is 1. The first-order chi connectivity index (χ1) is 11.5. The Hall–Kier alpha value is -2.36. The maximum Gasteiger partial charge on any atom is 0.239 e. The van der Waals surface area contributed by atoms with Crippen LogP contribution in [-0.4, -0.2) is 18.5 Å². The molecule has 1 N–H and O–H groups in total. The predicted octanol–water partition coefficient (Wildman–Crippen LogP) is 3.59. The van der Waals surface area contributed by atoms with Crippen LogP contribution in [0.15, 0.2) is 42.5 Å². The highest BCUT2D eigenvalue weighted by molar-refractivity contribution is 5.82. The lowest BCUT2D eigenvalue weighted by Gasteiger charge is -2.36. The first-order valence-electron chi connectivity index (χ1n) is 8.41. The Bertz CT molecular complexity index is 744. The normalized spacial score (nSPS) is 16.6. The zero-order valence-electron chi connectivity index (χ0n) is 14.2. The Labute approximate surface area is 142 Å². The molecule has 1 unspecified atom stereocenters. The van der Waals surface area contributed by atoms with Crippen LogP contribution < -0.4 is 10.2 Å². The van der Waals surface area contributed by atoms with Gasteiger partial charge in [0.2, 0.25) is 5.91 Å². The van der Waals surface area contributed by atoms with Crippen LogP contribution in [0.3, 0.4) is 0 Å². The summed E-state index contributed by atoms with van der Waals surface area (Å²) in [6.07, 6.45) is 2.10. The van der Waals surface area contributed by atoms with Crippen molar-refractivity contribution in [2.24, 2.45) is 0 Å². The van der Waals surface area contributed by atoms with Gasteiger partial charge < -0.3 is 10.2 Å². The fourth-order valence-corrected chi connectivity index (χ4v) is 3.16. The van der Waals surface area contributed by atoms with Crippen LogP contribution in [0.5, 0.6) is 0 Å². The van der Waals surface area contributed by atoms with Crippen molar-refractivity contribution in [3.05, 3.63) is 65.0 Å². The van der Waals surface area contributed by atoms with E-state index >= 15 is 0 Å². The van der Waals surface area contributed by atoms with Gasteiger partial charge in [0, 0.05) is 18.3 Å². The van der Waals surface area contributed by atoms with Gasteiger partial charge in [-0.15, -0.1) is 0 Å². The van der Waals surface area contributed by atoms with E-state index in [4.69, 9.17) is 0 Å². The summed E-state index contributed by atoms with van der Waals surface area (Å²) in [7, 11) is 0. The molecular weight excluding hydrogens is 303 g/mol. The molecule has 1 amide bonds. The van der Waals surface area contributed by atoms with E-state index in [9.17, 15) is 9.18 Å². The highest BCUT2D eigenvalue weighted by Crippen LogP contribution is 2.29. The summed E-state index contributed by atoms with van der Waals surface area (Å²) in [5.41, 5.74) is 3.83. The molecule has 3 nitrogen and oxygen atoms in total. The van der Waals surface area contributed by atoms with E-state index in [0.29, 0.717) is 24.7 Å². The van der Waals surface area contributed by atoms with Crippen molar-refractivity contribution in [3.63, 3.8) is 0 Å². The Kier molecular flexibility index (Phi) is 4.84. The summed E-state index contributed by atoms with van der Waals surface area (Å²) < 4.78 is 13.6. The zero-order valence-corrected chi connectivity index (χ0v) is 14.2. The maximum absolute atomic E-state index is 13.6. The largest absolute Gasteiger partial charge is 0.359 e. The third-order valence-electron chi connectivity index (χ3n) is 4.70. The molecular formula is C20H23FN2O. The van der Waals surface area contributed by atoms with Gasteiger partial charge in [-0.05, 0) is 55.5 Å². The summed E-state index contributed by atoms with van der Waals surface area (Å²) in [4.78, 5) is 14.5. The molecule has 2 aromatic carbocycles. The van der Waals surface area contributed by atoms with Crippen LogP contribution in [0, 0.1) is 12.7 Å². The van der Waals surface area contributed by atoms with Gasteiger partial charge in [-0.25, -0.2) is 4.39 Å². The van der Waals surface area contributed by atoms with Crippen molar-refractivity contribution in [3.8, 4) is 0 Å². The second-order valence-electron chi connectivity index (χ2n) is 6.50. The predicted molar refractivity (Wildman–Crippen MR) is 94.6 cm³/mol. The molecule has 0 saturated heterocycles. The second-order valence-corrected chi connectivity index (χ2v) is 6.50. The summed E-state index contributed by atoms with van der Waals surface area (Å²) in [5.74, 6) is -0.278. The first kappa shape index (κ1) is 16.5. The molecule has 126 valence electrons. The molecule has 4 heteroatoms. The van der Waals surface area contributed by atoms with Gasteiger partial charge in [-0.3, -0.25) is 4.79 Å². The van der Waals surface area contributed by atoms with E-state index in [1.54, 1.807) is 13.0 Å². The molecule has 0 saturated carbocycles. The number of hydrogen-bond acceptors (Lipinski definition) is 2. The zero-order chi connectivity index (χ0) is 17.1. The molecule has 0 aromatic heterocycles. The lowest BCUT2D eigenvalue weighted by Crippen LogP contribution is -2.44. The smallest absolute Gasteiger partial charge is 0.239 e. The fourth-order valence-electron chi connectivity index (χ4n) is 3.16. The lowest BCUT2D eigenvalue weighted by molar-refractivity contribution is -0.120. The standard InChI is InChI=1S/C20H23FN2O/c1-14-7-9-16(11-18(14)21)12-22-20(24)13-23-15(2)8-10-17-5-3-4-6-19(17)23/h3-7,9,11,15H,8,10,12-13H2,1-2H3,(H,22,24). The number of aryl methyl sites for hydroxylation is 2. The molecule has 24 heavy (non-hydrogen) atoms. The second kappa shape index (κ2) is 7.04. The molecule has 0 fully saturated rings. The number of nitrogens with one attached hydrogen (secondary N) is 1. The van der Waals surface area contributed by atoms with Crippen molar-refractivity contribution in [1.29, 1.82) is 0 Å². The molecule has 1 aliphatic heterocycles. The molecule has 0 bridgehead atoms. The number of halogens is 1. The monoisotopic (exact) mass is 326 g/mol. The quantitative estimate of drug-likeness (QED) is 0.931. The van der Waals surface area contributed by atoms with Crippen molar-refractivity contribution in [2.75, 3.05) is 11.4 Å². The number of carbonyl (C=O) groups is 1. The minimum atomic E-state index is -0.236. The molecule has 0 aliphatic carbocycles. The van der Waals surface area contributed by atoms with Crippen LogP contribution in [0.1, 0.15) is 30.0 Å². The number of benzene rings is 2. The van der Waals surface area contributed by atoms with Crippen LogP contribution >= 0.6 is 0 Å². The number of anilines is 1.